The molecule has 6 heteroatoms. The van der Waals surface area contributed by atoms with Crippen LogP contribution in [-0.2, 0) is 17.6 Å². The first-order valence-electron chi connectivity index (χ1n) is 7.82. The number of rotatable bonds is 7. The summed E-state index contributed by atoms with van der Waals surface area (Å²) in [7, 11) is 0. The molecule has 3 heterocycles. The Morgan fingerprint density at radius 3 is 2.88 bits per heavy atom. The van der Waals surface area contributed by atoms with Crippen molar-refractivity contribution >= 4 is 28.6 Å². The van der Waals surface area contributed by atoms with Crippen molar-refractivity contribution in [3.63, 3.8) is 0 Å². The zero-order valence-corrected chi connectivity index (χ0v) is 15.1. The molecule has 1 amide bonds. The van der Waals surface area contributed by atoms with Gasteiger partial charge in [-0.2, -0.15) is 11.3 Å². The third-order valence-corrected chi connectivity index (χ3v) is 5.46. The van der Waals surface area contributed by atoms with Gasteiger partial charge in [-0.1, -0.05) is 6.07 Å². The molecule has 0 spiro atoms. The van der Waals surface area contributed by atoms with Gasteiger partial charge in [0.1, 0.15) is 5.01 Å². The molecule has 0 saturated heterocycles. The van der Waals surface area contributed by atoms with Crippen LogP contribution in [0.1, 0.15) is 34.3 Å². The van der Waals surface area contributed by atoms with Crippen molar-refractivity contribution in [2.24, 2.45) is 0 Å². The second-order valence-electron chi connectivity index (χ2n) is 5.64. The minimum atomic E-state index is -0.0697. The van der Waals surface area contributed by atoms with Crippen molar-refractivity contribution in [3.8, 4) is 0 Å². The van der Waals surface area contributed by atoms with Gasteiger partial charge in [-0.3, -0.25) is 9.78 Å². The second kappa shape index (κ2) is 8.17. The molecule has 0 radical (unpaired) electrons. The Morgan fingerprint density at radius 1 is 1.29 bits per heavy atom. The van der Waals surface area contributed by atoms with E-state index >= 15 is 0 Å². The molecule has 3 aromatic heterocycles. The van der Waals surface area contributed by atoms with Crippen LogP contribution in [0.5, 0.6) is 0 Å². The summed E-state index contributed by atoms with van der Waals surface area (Å²) in [5.74, 6) is 0.0481. The second-order valence-corrected chi connectivity index (χ2v) is 7.31. The van der Waals surface area contributed by atoms with Gasteiger partial charge in [0.05, 0.1) is 6.04 Å². The zero-order valence-electron chi connectivity index (χ0n) is 13.4. The van der Waals surface area contributed by atoms with Crippen LogP contribution < -0.4 is 5.32 Å². The first kappa shape index (κ1) is 16.8. The molecule has 124 valence electrons. The molecular weight excluding hydrogens is 338 g/mol. The molecule has 0 saturated carbocycles. The smallest absolute Gasteiger partial charge is 0.220 e. The summed E-state index contributed by atoms with van der Waals surface area (Å²) >= 11 is 3.28. The van der Waals surface area contributed by atoms with Crippen LogP contribution in [0, 0.1) is 6.92 Å². The van der Waals surface area contributed by atoms with Crippen molar-refractivity contribution in [3.05, 3.63) is 68.6 Å². The van der Waals surface area contributed by atoms with Crippen LogP contribution in [0.2, 0.25) is 0 Å². The van der Waals surface area contributed by atoms with Gasteiger partial charge in [-0.15, -0.1) is 11.3 Å². The number of aromatic nitrogens is 2. The van der Waals surface area contributed by atoms with Gasteiger partial charge in [0.15, 0.2) is 0 Å². The Balaban J connectivity index is 1.63. The summed E-state index contributed by atoms with van der Waals surface area (Å²) in [6.45, 7) is 1.98. The minimum Gasteiger partial charge on any atom is -0.347 e. The van der Waals surface area contributed by atoms with Crippen molar-refractivity contribution in [2.45, 2.75) is 32.2 Å². The van der Waals surface area contributed by atoms with E-state index in [1.165, 1.54) is 5.56 Å². The summed E-state index contributed by atoms with van der Waals surface area (Å²) < 4.78 is 0. The van der Waals surface area contributed by atoms with Crippen LogP contribution in [0.3, 0.4) is 0 Å². The predicted molar refractivity (Wildman–Crippen MR) is 98.3 cm³/mol. The van der Waals surface area contributed by atoms with Gasteiger partial charge < -0.3 is 5.32 Å². The number of hydrogen-bond acceptors (Lipinski definition) is 5. The summed E-state index contributed by atoms with van der Waals surface area (Å²) in [4.78, 5) is 21.0. The predicted octanol–water partition coefficient (Wildman–Crippen LogP) is 3.94. The summed E-state index contributed by atoms with van der Waals surface area (Å²) in [6, 6.07) is 5.91. The number of nitrogens with one attached hydrogen (secondary N) is 1. The maximum absolute atomic E-state index is 12.4. The SMILES string of the molecule is Cc1csc([C@@H](Cc2ccsc2)NC(=O)CCc2cccnc2)n1. The molecule has 0 bridgehead atoms. The number of carbonyl (C=O) groups excluding carboxylic acids is 1. The van der Waals surface area contributed by atoms with Gasteiger partial charge in [0, 0.05) is 36.3 Å². The molecule has 0 aliphatic heterocycles. The molecule has 0 aromatic carbocycles. The number of hydrogen-bond donors (Lipinski definition) is 1. The Kier molecular flexibility index (Phi) is 5.72. The number of aryl methyl sites for hydroxylation is 2. The minimum absolute atomic E-state index is 0.0481. The average Bonchev–Trinajstić information content (AvgIpc) is 3.25. The lowest BCUT2D eigenvalue weighted by atomic mass is 10.1. The third-order valence-electron chi connectivity index (χ3n) is 3.65. The fourth-order valence-corrected chi connectivity index (χ4v) is 3.98. The molecule has 4 nitrogen and oxygen atoms in total. The van der Waals surface area contributed by atoms with E-state index in [0.717, 1.165) is 22.7 Å². The number of carbonyl (C=O) groups is 1. The van der Waals surface area contributed by atoms with Crippen LogP contribution in [-0.4, -0.2) is 15.9 Å². The molecular formula is C18H19N3OS2. The zero-order chi connectivity index (χ0) is 16.8. The Bertz CT molecular complexity index is 769. The molecule has 0 unspecified atom stereocenters. The van der Waals surface area contributed by atoms with Crippen LogP contribution in [0.4, 0.5) is 0 Å². The van der Waals surface area contributed by atoms with Crippen molar-refractivity contribution in [1.29, 1.82) is 0 Å². The molecule has 3 rings (SSSR count). The van der Waals surface area contributed by atoms with E-state index < -0.39 is 0 Å². The molecule has 0 aliphatic rings. The van der Waals surface area contributed by atoms with E-state index in [9.17, 15) is 4.79 Å². The average molecular weight is 358 g/mol. The lowest BCUT2D eigenvalue weighted by Crippen LogP contribution is -2.30. The molecule has 0 aliphatic carbocycles. The van der Waals surface area contributed by atoms with Crippen LogP contribution >= 0.6 is 22.7 Å². The Hall–Kier alpha value is -2.05. The maximum atomic E-state index is 12.4. The summed E-state index contributed by atoms with van der Waals surface area (Å²) in [5, 5.41) is 10.3. The lowest BCUT2D eigenvalue weighted by Gasteiger charge is -2.16. The highest BCUT2D eigenvalue weighted by atomic mass is 32.1. The van der Waals surface area contributed by atoms with E-state index in [-0.39, 0.29) is 11.9 Å². The maximum Gasteiger partial charge on any atom is 0.220 e. The molecule has 0 fully saturated rings. The van der Waals surface area contributed by atoms with Crippen molar-refractivity contribution in [1.82, 2.24) is 15.3 Å². The van der Waals surface area contributed by atoms with Gasteiger partial charge in [-0.05, 0) is 47.4 Å². The standard InChI is InChI=1S/C18H19N3OS2/c1-13-11-24-18(20-13)16(9-15-6-8-23-12-15)21-17(22)5-4-14-3-2-7-19-10-14/h2-3,6-8,10-12,16H,4-5,9H2,1H3,(H,21,22)/t16-/m1/s1. The highest BCUT2D eigenvalue weighted by Gasteiger charge is 2.18. The topological polar surface area (TPSA) is 54.9 Å². The summed E-state index contributed by atoms with van der Waals surface area (Å²) in [6.07, 6.45) is 5.47. The fraction of sp³-hybridized carbons (Fsp3) is 0.278. The fourth-order valence-electron chi connectivity index (χ4n) is 2.45. The van der Waals surface area contributed by atoms with E-state index in [4.69, 9.17) is 0 Å². The number of thiazole rings is 1. The van der Waals surface area contributed by atoms with Crippen LogP contribution in [0.25, 0.3) is 0 Å². The van der Waals surface area contributed by atoms with E-state index in [1.54, 1.807) is 35.1 Å². The molecule has 3 aromatic rings. The number of amides is 1. The largest absolute Gasteiger partial charge is 0.347 e. The monoisotopic (exact) mass is 357 g/mol. The number of thiophene rings is 1. The van der Waals surface area contributed by atoms with E-state index in [2.05, 4.69) is 32.1 Å². The quantitative estimate of drug-likeness (QED) is 0.697. The Morgan fingerprint density at radius 2 is 2.21 bits per heavy atom. The van der Waals surface area contributed by atoms with Gasteiger partial charge >= 0.3 is 0 Å². The first-order valence-corrected chi connectivity index (χ1v) is 9.64. The van der Waals surface area contributed by atoms with E-state index in [0.29, 0.717) is 12.8 Å². The molecule has 1 atom stereocenters. The van der Waals surface area contributed by atoms with Gasteiger partial charge in [0.25, 0.3) is 0 Å². The van der Waals surface area contributed by atoms with Crippen molar-refractivity contribution in [2.75, 3.05) is 0 Å². The Labute approximate surface area is 149 Å². The van der Waals surface area contributed by atoms with Gasteiger partial charge in [-0.25, -0.2) is 4.98 Å². The first-order chi connectivity index (χ1) is 11.7. The van der Waals surface area contributed by atoms with Gasteiger partial charge in [0.2, 0.25) is 5.91 Å². The van der Waals surface area contributed by atoms with Crippen LogP contribution in [0.15, 0.2) is 46.7 Å². The number of nitrogens with zero attached hydrogens (tertiary/aromatic N) is 2. The lowest BCUT2D eigenvalue weighted by molar-refractivity contribution is -0.121. The van der Waals surface area contributed by atoms with Crippen molar-refractivity contribution < 1.29 is 4.79 Å². The number of pyridine rings is 1. The summed E-state index contributed by atoms with van der Waals surface area (Å²) in [5.41, 5.74) is 3.30. The normalized spacial score (nSPS) is 12.0. The molecule has 1 N–H and O–H groups in total. The highest BCUT2D eigenvalue weighted by molar-refractivity contribution is 7.09. The van der Waals surface area contributed by atoms with E-state index in [1.807, 2.05) is 24.4 Å². The highest BCUT2D eigenvalue weighted by Crippen LogP contribution is 2.23. The third kappa shape index (κ3) is 4.72. The molecule has 24 heavy (non-hydrogen) atoms.